The number of primary amides is 1. The van der Waals surface area contributed by atoms with Crippen LogP contribution in [0.5, 0.6) is 0 Å². The third-order valence-corrected chi connectivity index (χ3v) is 4.30. The van der Waals surface area contributed by atoms with Crippen molar-refractivity contribution in [1.82, 2.24) is 5.32 Å². The Morgan fingerprint density at radius 2 is 1.60 bits per heavy atom. The SMILES string of the molecule is NC(=O)N[C@H](Cc1ccccc1)C(=O)Nc1ccc(S(N)(=O)=O)cc1. The molecule has 2 aromatic carbocycles. The third kappa shape index (κ3) is 5.59. The first kappa shape index (κ1) is 18.4. The van der Waals surface area contributed by atoms with Gasteiger partial charge in [-0.15, -0.1) is 0 Å². The smallest absolute Gasteiger partial charge is 0.312 e. The van der Waals surface area contributed by atoms with Crippen LogP contribution in [0.4, 0.5) is 10.5 Å². The first-order valence-corrected chi connectivity index (χ1v) is 8.84. The number of nitrogens with two attached hydrogens (primary N) is 2. The quantitative estimate of drug-likeness (QED) is 0.594. The molecule has 0 unspecified atom stereocenters. The number of anilines is 1. The number of primary sulfonamides is 1. The van der Waals surface area contributed by atoms with Gasteiger partial charge in [0.25, 0.3) is 0 Å². The molecule has 0 saturated carbocycles. The topological polar surface area (TPSA) is 144 Å². The third-order valence-electron chi connectivity index (χ3n) is 3.37. The molecule has 25 heavy (non-hydrogen) atoms. The Morgan fingerprint density at radius 3 is 2.12 bits per heavy atom. The van der Waals surface area contributed by atoms with Crippen molar-refractivity contribution in [1.29, 1.82) is 0 Å². The Bertz CT molecular complexity index is 851. The molecular formula is C16H18N4O4S. The van der Waals surface area contributed by atoms with Crippen LogP contribution in [0.1, 0.15) is 5.56 Å². The van der Waals surface area contributed by atoms with Gasteiger partial charge in [-0.2, -0.15) is 0 Å². The fourth-order valence-corrected chi connectivity index (χ4v) is 2.70. The standard InChI is InChI=1S/C16H18N4O4S/c17-16(22)20-14(10-11-4-2-1-3-5-11)15(21)19-12-6-8-13(9-7-12)25(18,23)24/h1-9,14H,10H2,(H,19,21)(H3,17,20,22)(H2,18,23,24)/t14-/m1/s1. The van der Waals surface area contributed by atoms with Crippen LogP contribution >= 0.6 is 0 Å². The summed E-state index contributed by atoms with van der Waals surface area (Å²) in [5, 5.41) is 10.0. The second-order valence-corrected chi connectivity index (χ2v) is 6.87. The maximum absolute atomic E-state index is 12.4. The first-order chi connectivity index (χ1) is 11.8. The van der Waals surface area contributed by atoms with Crippen LogP contribution in [-0.2, 0) is 21.2 Å². The number of urea groups is 1. The van der Waals surface area contributed by atoms with Gasteiger partial charge in [-0.25, -0.2) is 18.4 Å². The summed E-state index contributed by atoms with van der Waals surface area (Å²) >= 11 is 0. The summed E-state index contributed by atoms with van der Waals surface area (Å²) in [7, 11) is -3.81. The molecule has 2 rings (SSSR count). The van der Waals surface area contributed by atoms with Gasteiger partial charge in [0, 0.05) is 12.1 Å². The lowest BCUT2D eigenvalue weighted by atomic mass is 10.1. The molecule has 0 fully saturated rings. The summed E-state index contributed by atoms with van der Waals surface area (Å²) in [6, 6.07) is 12.8. The van der Waals surface area contributed by atoms with Crippen molar-refractivity contribution in [2.24, 2.45) is 10.9 Å². The van der Waals surface area contributed by atoms with E-state index in [9.17, 15) is 18.0 Å². The van der Waals surface area contributed by atoms with Crippen LogP contribution in [0, 0.1) is 0 Å². The van der Waals surface area contributed by atoms with Crippen molar-refractivity contribution in [3.05, 3.63) is 60.2 Å². The Kier molecular flexibility index (Phi) is 5.73. The summed E-state index contributed by atoms with van der Waals surface area (Å²) in [5.74, 6) is -0.481. The van der Waals surface area contributed by atoms with E-state index in [1.54, 1.807) is 0 Å². The summed E-state index contributed by atoms with van der Waals surface area (Å²) in [6.45, 7) is 0. The minimum absolute atomic E-state index is 0.0680. The lowest BCUT2D eigenvalue weighted by molar-refractivity contribution is -0.117. The van der Waals surface area contributed by atoms with E-state index in [-0.39, 0.29) is 11.3 Å². The van der Waals surface area contributed by atoms with Gasteiger partial charge in [0.05, 0.1) is 4.90 Å². The number of sulfonamides is 1. The van der Waals surface area contributed by atoms with Crippen LogP contribution < -0.4 is 21.5 Å². The first-order valence-electron chi connectivity index (χ1n) is 7.29. The monoisotopic (exact) mass is 362 g/mol. The highest BCUT2D eigenvalue weighted by atomic mass is 32.2. The van der Waals surface area contributed by atoms with Crippen molar-refractivity contribution < 1.29 is 18.0 Å². The fourth-order valence-electron chi connectivity index (χ4n) is 2.19. The Balaban J connectivity index is 2.12. The number of hydrogen-bond acceptors (Lipinski definition) is 4. The van der Waals surface area contributed by atoms with E-state index in [1.807, 2.05) is 30.3 Å². The van der Waals surface area contributed by atoms with Gasteiger partial charge in [-0.05, 0) is 29.8 Å². The van der Waals surface area contributed by atoms with Gasteiger partial charge in [0.2, 0.25) is 15.9 Å². The predicted octanol–water partition coefficient (Wildman–Crippen LogP) is 0.552. The largest absolute Gasteiger partial charge is 0.352 e. The zero-order valence-electron chi connectivity index (χ0n) is 13.2. The van der Waals surface area contributed by atoms with Crippen LogP contribution in [-0.4, -0.2) is 26.4 Å². The molecule has 8 nitrogen and oxygen atoms in total. The molecule has 1 atom stereocenters. The Hall–Kier alpha value is -2.91. The number of benzene rings is 2. The van der Waals surface area contributed by atoms with Crippen molar-refractivity contribution in [3.8, 4) is 0 Å². The zero-order chi connectivity index (χ0) is 18.4. The molecule has 2 aromatic rings. The van der Waals surface area contributed by atoms with E-state index < -0.39 is 28.0 Å². The Labute approximate surface area is 145 Å². The second-order valence-electron chi connectivity index (χ2n) is 5.31. The molecule has 0 bridgehead atoms. The Morgan fingerprint density at radius 1 is 1.00 bits per heavy atom. The molecule has 0 aliphatic carbocycles. The van der Waals surface area contributed by atoms with Crippen molar-refractivity contribution in [2.75, 3.05) is 5.32 Å². The average Bonchev–Trinajstić information content (AvgIpc) is 2.54. The molecule has 0 aliphatic heterocycles. The second kappa shape index (κ2) is 7.77. The number of rotatable bonds is 6. The highest BCUT2D eigenvalue weighted by Gasteiger charge is 2.20. The van der Waals surface area contributed by atoms with Gasteiger partial charge in [-0.3, -0.25) is 4.79 Å². The number of nitrogens with one attached hydrogen (secondary N) is 2. The molecule has 0 spiro atoms. The summed E-state index contributed by atoms with van der Waals surface area (Å²) in [5.41, 5.74) is 6.35. The minimum atomic E-state index is -3.81. The van der Waals surface area contributed by atoms with Gasteiger partial charge in [0.1, 0.15) is 6.04 Å². The normalized spacial score (nSPS) is 12.2. The number of carbonyl (C=O) groups excluding carboxylic acids is 2. The fraction of sp³-hybridized carbons (Fsp3) is 0.125. The van der Waals surface area contributed by atoms with Crippen LogP contribution in [0.2, 0.25) is 0 Å². The molecule has 132 valence electrons. The van der Waals surface area contributed by atoms with Gasteiger partial charge in [0.15, 0.2) is 0 Å². The molecule has 0 saturated heterocycles. The van der Waals surface area contributed by atoms with Crippen molar-refractivity contribution in [2.45, 2.75) is 17.4 Å². The lowest BCUT2D eigenvalue weighted by Crippen LogP contribution is -2.47. The van der Waals surface area contributed by atoms with Crippen LogP contribution in [0.15, 0.2) is 59.5 Å². The van der Waals surface area contributed by atoms with E-state index in [2.05, 4.69) is 10.6 Å². The maximum Gasteiger partial charge on any atom is 0.312 e. The number of hydrogen-bond donors (Lipinski definition) is 4. The maximum atomic E-state index is 12.4. The summed E-state index contributed by atoms with van der Waals surface area (Å²) in [6.07, 6.45) is 0.255. The molecule has 3 amide bonds. The zero-order valence-corrected chi connectivity index (χ0v) is 14.0. The van der Waals surface area contributed by atoms with Gasteiger partial charge in [-0.1, -0.05) is 30.3 Å². The number of carbonyl (C=O) groups is 2. The highest BCUT2D eigenvalue weighted by molar-refractivity contribution is 7.89. The van der Waals surface area contributed by atoms with Gasteiger partial charge >= 0.3 is 6.03 Å². The minimum Gasteiger partial charge on any atom is -0.352 e. The average molecular weight is 362 g/mol. The lowest BCUT2D eigenvalue weighted by Gasteiger charge is -2.17. The molecular weight excluding hydrogens is 344 g/mol. The molecule has 0 radical (unpaired) electrons. The van der Waals surface area contributed by atoms with E-state index in [4.69, 9.17) is 10.9 Å². The van der Waals surface area contributed by atoms with Crippen molar-refractivity contribution >= 4 is 27.6 Å². The molecule has 0 aliphatic rings. The molecule has 9 heteroatoms. The van der Waals surface area contributed by atoms with Crippen molar-refractivity contribution in [3.63, 3.8) is 0 Å². The van der Waals surface area contributed by atoms with Crippen LogP contribution in [0.25, 0.3) is 0 Å². The molecule has 0 aromatic heterocycles. The highest BCUT2D eigenvalue weighted by Crippen LogP contribution is 2.13. The van der Waals surface area contributed by atoms with E-state index in [1.165, 1.54) is 24.3 Å². The molecule has 0 heterocycles. The van der Waals surface area contributed by atoms with E-state index in [0.717, 1.165) is 5.56 Å². The van der Waals surface area contributed by atoms with E-state index >= 15 is 0 Å². The van der Waals surface area contributed by atoms with Crippen LogP contribution in [0.3, 0.4) is 0 Å². The van der Waals surface area contributed by atoms with Gasteiger partial charge < -0.3 is 16.4 Å². The number of amides is 3. The summed E-state index contributed by atoms with van der Waals surface area (Å²) < 4.78 is 22.5. The predicted molar refractivity (Wildman–Crippen MR) is 93.1 cm³/mol. The summed E-state index contributed by atoms with van der Waals surface area (Å²) in [4.78, 5) is 23.5. The molecule has 6 N–H and O–H groups in total. The van der Waals surface area contributed by atoms with E-state index in [0.29, 0.717) is 5.69 Å².